The lowest BCUT2D eigenvalue weighted by atomic mass is 9.94. The smallest absolute Gasteiger partial charge is 0.164 e. The monoisotopic (exact) mass is 727 g/mol. The lowest BCUT2D eigenvalue weighted by Crippen LogP contribution is -2.02. The Hall–Kier alpha value is -7.94. The summed E-state index contributed by atoms with van der Waals surface area (Å²) in [6.07, 6.45) is 0. The summed E-state index contributed by atoms with van der Waals surface area (Å²) in [5.41, 5.74) is 12.6. The Bertz CT molecular complexity index is 2960. The maximum Gasteiger partial charge on any atom is 0.164 e. The zero-order valence-electron chi connectivity index (χ0n) is 30.8. The van der Waals surface area contributed by atoms with Crippen molar-refractivity contribution in [3.8, 4) is 79.3 Å². The minimum atomic E-state index is 0.527. The molecule has 8 aromatic carbocycles. The Labute approximate surface area is 330 Å². The van der Waals surface area contributed by atoms with E-state index in [4.69, 9.17) is 15.0 Å². The quantitative estimate of drug-likeness (QED) is 0.164. The molecular formula is C52H33N5. The van der Waals surface area contributed by atoms with E-state index in [1.807, 2.05) is 97.1 Å². The number of nitriles is 1. The number of rotatable bonds is 7. The molecule has 0 saturated carbocycles. The third-order valence-corrected chi connectivity index (χ3v) is 10.5. The molecule has 5 heteroatoms. The van der Waals surface area contributed by atoms with E-state index in [0.717, 1.165) is 66.4 Å². The van der Waals surface area contributed by atoms with Gasteiger partial charge in [0.05, 0.1) is 22.7 Å². The van der Waals surface area contributed by atoms with E-state index in [1.54, 1.807) is 0 Å². The number of hydrogen-bond acceptors (Lipinski definition) is 4. The van der Waals surface area contributed by atoms with Gasteiger partial charge in [-0.3, -0.25) is 0 Å². The van der Waals surface area contributed by atoms with E-state index in [0.29, 0.717) is 23.0 Å². The van der Waals surface area contributed by atoms with Gasteiger partial charge in [0.15, 0.2) is 17.5 Å². The minimum absolute atomic E-state index is 0.527. The number of fused-ring (bicyclic) bond motifs is 3. The highest BCUT2D eigenvalue weighted by atomic mass is 15.0. The van der Waals surface area contributed by atoms with Crippen LogP contribution in [-0.2, 0) is 0 Å². The van der Waals surface area contributed by atoms with Crippen molar-refractivity contribution in [3.63, 3.8) is 0 Å². The first-order chi connectivity index (χ1) is 28.2. The summed E-state index contributed by atoms with van der Waals surface area (Å²) in [6.45, 7) is 0. The second kappa shape index (κ2) is 14.4. The van der Waals surface area contributed by atoms with Gasteiger partial charge in [-0.05, 0) is 76.3 Å². The van der Waals surface area contributed by atoms with Gasteiger partial charge in [0.1, 0.15) is 0 Å². The fourth-order valence-electron chi connectivity index (χ4n) is 7.76. The summed E-state index contributed by atoms with van der Waals surface area (Å²) in [5.74, 6) is 1.68. The van der Waals surface area contributed by atoms with Crippen molar-refractivity contribution in [2.45, 2.75) is 0 Å². The topological polar surface area (TPSA) is 67.4 Å². The van der Waals surface area contributed by atoms with Crippen LogP contribution in [0.2, 0.25) is 0 Å². The van der Waals surface area contributed by atoms with Crippen LogP contribution in [0.1, 0.15) is 5.56 Å². The van der Waals surface area contributed by atoms with Gasteiger partial charge in [0, 0.05) is 38.7 Å². The Balaban J connectivity index is 1.23. The van der Waals surface area contributed by atoms with Crippen LogP contribution in [0.25, 0.3) is 95.0 Å². The van der Waals surface area contributed by atoms with E-state index >= 15 is 0 Å². The Morgan fingerprint density at radius 1 is 0.351 bits per heavy atom. The molecule has 0 N–H and O–H groups in total. The normalized spacial score (nSPS) is 11.1. The molecule has 2 heterocycles. The maximum absolute atomic E-state index is 10.4. The van der Waals surface area contributed by atoms with Gasteiger partial charge in [-0.25, -0.2) is 15.0 Å². The summed E-state index contributed by atoms with van der Waals surface area (Å²) in [7, 11) is 0. The standard InChI is InChI=1S/C52H33N5/c53-34-41-23-13-14-24-43(41)45-33-42(27-28-44(45)52-55-50(37-19-9-3-10-20-37)54-51(56-52)38-21-11-4-12-22-38)57-48-29-25-39(35-15-5-1-6-16-35)31-46(48)47-32-40(26-30-49(47)57)36-17-7-2-8-18-36/h1-33H. The van der Waals surface area contributed by atoms with E-state index in [9.17, 15) is 5.26 Å². The molecule has 0 aliphatic carbocycles. The van der Waals surface area contributed by atoms with Gasteiger partial charge >= 0.3 is 0 Å². The molecule has 0 unspecified atom stereocenters. The average molecular weight is 728 g/mol. The van der Waals surface area contributed by atoms with Crippen molar-refractivity contribution in [3.05, 3.63) is 206 Å². The first-order valence-corrected chi connectivity index (χ1v) is 18.9. The SMILES string of the molecule is N#Cc1ccccc1-c1cc(-n2c3ccc(-c4ccccc4)cc3c3cc(-c4ccccc4)ccc32)ccc1-c1nc(-c2ccccc2)nc(-c2ccccc2)n1. The second-order valence-corrected chi connectivity index (χ2v) is 14.0. The van der Waals surface area contributed by atoms with Crippen LogP contribution < -0.4 is 0 Å². The zero-order chi connectivity index (χ0) is 38.1. The molecule has 0 aliphatic rings. The summed E-state index contributed by atoms with van der Waals surface area (Å²) in [5, 5.41) is 12.7. The highest BCUT2D eigenvalue weighted by Crippen LogP contribution is 2.40. The van der Waals surface area contributed by atoms with Gasteiger partial charge < -0.3 is 4.57 Å². The zero-order valence-corrected chi connectivity index (χ0v) is 30.8. The van der Waals surface area contributed by atoms with Crippen molar-refractivity contribution in [1.29, 1.82) is 5.26 Å². The third kappa shape index (κ3) is 6.22. The molecule has 0 fully saturated rings. The lowest BCUT2D eigenvalue weighted by Gasteiger charge is -2.16. The Morgan fingerprint density at radius 2 is 0.807 bits per heavy atom. The number of aromatic nitrogens is 4. The summed E-state index contributed by atoms with van der Waals surface area (Å²) in [4.78, 5) is 15.1. The van der Waals surface area contributed by atoms with Crippen LogP contribution in [-0.4, -0.2) is 19.5 Å². The van der Waals surface area contributed by atoms with Crippen LogP contribution in [0.3, 0.4) is 0 Å². The molecule has 2 aromatic heterocycles. The highest BCUT2D eigenvalue weighted by Gasteiger charge is 2.21. The predicted molar refractivity (Wildman–Crippen MR) is 231 cm³/mol. The number of benzene rings is 8. The second-order valence-electron chi connectivity index (χ2n) is 14.0. The van der Waals surface area contributed by atoms with Crippen LogP contribution in [0.4, 0.5) is 0 Å². The average Bonchev–Trinajstić information content (AvgIpc) is 3.63. The molecule has 10 aromatic rings. The summed E-state index contributed by atoms with van der Waals surface area (Å²) < 4.78 is 2.33. The number of hydrogen-bond donors (Lipinski definition) is 0. The van der Waals surface area contributed by atoms with Crippen molar-refractivity contribution >= 4 is 21.8 Å². The van der Waals surface area contributed by atoms with Crippen molar-refractivity contribution in [2.24, 2.45) is 0 Å². The van der Waals surface area contributed by atoms with Gasteiger partial charge in [0.2, 0.25) is 0 Å². The number of nitrogens with zero attached hydrogens (tertiary/aromatic N) is 5. The molecule has 0 aliphatic heterocycles. The molecule has 0 amide bonds. The molecular weight excluding hydrogens is 695 g/mol. The largest absolute Gasteiger partial charge is 0.309 e. The first-order valence-electron chi connectivity index (χ1n) is 18.9. The van der Waals surface area contributed by atoms with Crippen LogP contribution >= 0.6 is 0 Å². The molecule has 0 spiro atoms. The van der Waals surface area contributed by atoms with Gasteiger partial charge in [-0.2, -0.15) is 5.26 Å². The van der Waals surface area contributed by atoms with Gasteiger partial charge in [-0.15, -0.1) is 0 Å². The first kappa shape index (κ1) is 33.6. The van der Waals surface area contributed by atoms with Crippen LogP contribution in [0, 0.1) is 11.3 Å². The van der Waals surface area contributed by atoms with Gasteiger partial charge in [-0.1, -0.05) is 152 Å². The van der Waals surface area contributed by atoms with Crippen LogP contribution in [0.15, 0.2) is 200 Å². The van der Waals surface area contributed by atoms with E-state index < -0.39 is 0 Å². The highest BCUT2D eigenvalue weighted by molar-refractivity contribution is 6.12. The van der Waals surface area contributed by atoms with E-state index in [2.05, 4.69) is 114 Å². The minimum Gasteiger partial charge on any atom is -0.309 e. The van der Waals surface area contributed by atoms with Crippen LogP contribution in [0.5, 0.6) is 0 Å². The van der Waals surface area contributed by atoms with Crippen molar-refractivity contribution in [1.82, 2.24) is 19.5 Å². The Morgan fingerprint density at radius 3 is 1.32 bits per heavy atom. The Kier molecular flexibility index (Phi) is 8.48. The predicted octanol–water partition coefficient (Wildman–Crippen LogP) is 12.8. The fraction of sp³-hybridized carbons (Fsp3) is 0. The van der Waals surface area contributed by atoms with Crippen molar-refractivity contribution < 1.29 is 0 Å². The van der Waals surface area contributed by atoms with E-state index in [1.165, 1.54) is 11.1 Å². The van der Waals surface area contributed by atoms with E-state index in [-0.39, 0.29) is 0 Å². The molecule has 0 radical (unpaired) electrons. The summed E-state index contributed by atoms with van der Waals surface area (Å²) >= 11 is 0. The molecule has 5 nitrogen and oxygen atoms in total. The maximum atomic E-state index is 10.4. The summed E-state index contributed by atoms with van der Waals surface area (Å²) in [6, 6.07) is 71.0. The fourth-order valence-corrected chi connectivity index (χ4v) is 7.76. The molecule has 57 heavy (non-hydrogen) atoms. The lowest BCUT2D eigenvalue weighted by molar-refractivity contribution is 1.07. The molecule has 0 saturated heterocycles. The molecule has 266 valence electrons. The molecule has 10 rings (SSSR count). The molecule has 0 bridgehead atoms. The van der Waals surface area contributed by atoms with Gasteiger partial charge in [0.25, 0.3) is 0 Å². The molecule has 0 atom stereocenters. The third-order valence-electron chi connectivity index (χ3n) is 10.5. The van der Waals surface area contributed by atoms with Crippen molar-refractivity contribution in [2.75, 3.05) is 0 Å².